The summed E-state index contributed by atoms with van der Waals surface area (Å²) < 4.78 is 5.12. The average molecular weight is 316 g/mol. The molecule has 2 heteroatoms. The van der Waals surface area contributed by atoms with Crippen molar-refractivity contribution < 1.29 is 9.84 Å². The third kappa shape index (κ3) is 9.89. The third-order valence-electron chi connectivity index (χ3n) is 4.02. The first kappa shape index (κ1) is 19.4. The van der Waals surface area contributed by atoms with Gasteiger partial charge in [0.1, 0.15) is 11.5 Å². The molecular weight excluding hydrogens is 284 g/mol. The molecule has 0 aromatic heterocycles. The molecule has 23 heavy (non-hydrogen) atoms. The average Bonchev–Trinajstić information content (AvgIpc) is 2.55. The molecule has 1 aromatic rings. The highest BCUT2D eigenvalue weighted by Gasteiger charge is 1.97. The zero-order valence-electron chi connectivity index (χ0n) is 14.9. The summed E-state index contributed by atoms with van der Waals surface area (Å²) in [5.74, 6) is 7.14. The van der Waals surface area contributed by atoms with Crippen LogP contribution in [0.2, 0.25) is 0 Å². The van der Waals surface area contributed by atoms with Gasteiger partial charge < -0.3 is 9.84 Å². The van der Waals surface area contributed by atoms with Gasteiger partial charge in [-0.3, -0.25) is 0 Å². The SMILES string of the molecule is CCCCCCCCCCCCC#Cc1cc(O)cc(OC)c1. The molecule has 0 saturated carbocycles. The van der Waals surface area contributed by atoms with Crippen LogP contribution in [0.4, 0.5) is 0 Å². The monoisotopic (exact) mass is 316 g/mol. The Morgan fingerprint density at radius 1 is 0.870 bits per heavy atom. The van der Waals surface area contributed by atoms with Crippen LogP contribution in [0.5, 0.6) is 11.5 Å². The van der Waals surface area contributed by atoms with Crippen molar-refractivity contribution >= 4 is 0 Å². The maximum absolute atomic E-state index is 9.57. The second kappa shape index (κ2) is 12.9. The molecule has 0 atom stereocenters. The fraction of sp³-hybridized carbons (Fsp3) is 0.619. The number of benzene rings is 1. The Hall–Kier alpha value is -1.62. The highest BCUT2D eigenvalue weighted by molar-refractivity contribution is 5.45. The molecule has 0 amide bonds. The molecule has 0 bridgehead atoms. The summed E-state index contributed by atoms with van der Waals surface area (Å²) in [5, 5.41) is 9.57. The number of hydrogen-bond acceptors (Lipinski definition) is 2. The fourth-order valence-electron chi connectivity index (χ4n) is 2.64. The Morgan fingerprint density at radius 2 is 1.48 bits per heavy atom. The van der Waals surface area contributed by atoms with Gasteiger partial charge in [-0.2, -0.15) is 0 Å². The lowest BCUT2D eigenvalue weighted by Crippen LogP contribution is -1.84. The first-order valence-electron chi connectivity index (χ1n) is 9.13. The van der Waals surface area contributed by atoms with Crippen LogP contribution in [0, 0.1) is 11.8 Å². The van der Waals surface area contributed by atoms with E-state index in [-0.39, 0.29) is 5.75 Å². The van der Waals surface area contributed by atoms with Crippen LogP contribution in [0.1, 0.15) is 83.1 Å². The van der Waals surface area contributed by atoms with Crippen molar-refractivity contribution in [2.24, 2.45) is 0 Å². The van der Waals surface area contributed by atoms with Crippen LogP contribution in [-0.2, 0) is 0 Å². The third-order valence-corrected chi connectivity index (χ3v) is 4.02. The van der Waals surface area contributed by atoms with Crippen LogP contribution in [-0.4, -0.2) is 12.2 Å². The molecule has 0 radical (unpaired) electrons. The lowest BCUT2D eigenvalue weighted by molar-refractivity contribution is 0.407. The van der Waals surface area contributed by atoms with Gasteiger partial charge in [-0.1, -0.05) is 76.6 Å². The van der Waals surface area contributed by atoms with Crippen molar-refractivity contribution in [3.05, 3.63) is 23.8 Å². The quantitative estimate of drug-likeness (QED) is 0.397. The van der Waals surface area contributed by atoms with Gasteiger partial charge in [-0.15, -0.1) is 0 Å². The number of aromatic hydroxyl groups is 1. The summed E-state index contributed by atoms with van der Waals surface area (Å²) in [7, 11) is 1.59. The van der Waals surface area contributed by atoms with E-state index in [0.29, 0.717) is 5.75 Å². The van der Waals surface area contributed by atoms with E-state index in [2.05, 4.69) is 18.8 Å². The van der Waals surface area contributed by atoms with Crippen molar-refractivity contribution in [2.45, 2.75) is 77.6 Å². The van der Waals surface area contributed by atoms with Crippen molar-refractivity contribution in [3.63, 3.8) is 0 Å². The molecule has 2 nitrogen and oxygen atoms in total. The summed E-state index contributed by atoms with van der Waals surface area (Å²) in [6, 6.07) is 5.12. The van der Waals surface area contributed by atoms with Gasteiger partial charge in [0.15, 0.2) is 0 Å². The Balaban J connectivity index is 2.06. The normalized spacial score (nSPS) is 10.2. The van der Waals surface area contributed by atoms with Crippen molar-refractivity contribution in [1.29, 1.82) is 0 Å². The number of methoxy groups -OCH3 is 1. The number of hydrogen-bond donors (Lipinski definition) is 1. The molecule has 0 aliphatic carbocycles. The van der Waals surface area contributed by atoms with Gasteiger partial charge in [0, 0.05) is 18.1 Å². The number of phenolic OH excluding ortho intramolecular Hbond substituents is 1. The predicted octanol–water partition coefficient (Wildman–Crippen LogP) is 6.06. The first-order chi connectivity index (χ1) is 11.3. The lowest BCUT2D eigenvalue weighted by atomic mass is 10.1. The van der Waals surface area contributed by atoms with Crippen LogP contribution in [0.15, 0.2) is 18.2 Å². The van der Waals surface area contributed by atoms with E-state index in [0.717, 1.165) is 12.0 Å². The maximum Gasteiger partial charge on any atom is 0.123 e. The minimum absolute atomic E-state index is 0.201. The van der Waals surface area contributed by atoms with E-state index < -0.39 is 0 Å². The van der Waals surface area contributed by atoms with E-state index in [4.69, 9.17) is 4.74 Å². The summed E-state index contributed by atoms with van der Waals surface area (Å²) in [4.78, 5) is 0. The lowest BCUT2D eigenvalue weighted by Gasteiger charge is -2.01. The molecule has 0 fully saturated rings. The molecule has 0 spiro atoms. The molecule has 0 aliphatic rings. The summed E-state index contributed by atoms with van der Waals surface area (Å²) in [6.07, 6.45) is 14.4. The molecule has 0 heterocycles. The molecule has 0 aliphatic heterocycles. The standard InChI is InChI=1S/C21H32O2/c1-3-4-5-6-7-8-9-10-11-12-13-14-15-19-16-20(22)18-21(17-19)23-2/h16-18,22H,3-13H2,1-2H3. The predicted molar refractivity (Wildman–Crippen MR) is 98.0 cm³/mol. The van der Waals surface area contributed by atoms with Gasteiger partial charge in [0.25, 0.3) is 0 Å². The second-order valence-electron chi connectivity index (χ2n) is 6.15. The Morgan fingerprint density at radius 3 is 2.09 bits per heavy atom. The first-order valence-corrected chi connectivity index (χ1v) is 9.13. The van der Waals surface area contributed by atoms with E-state index in [1.54, 1.807) is 19.2 Å². The molecule has 0 unspecified atom stereocenters. The Labute approximate surface area is 142 Å². The fourth-order valence-corrected chi connectivity index (χ4v) is 2.64. The van der Waals surface area contributed by atoms with Gasteiger partial charge in [0.2, 0.25) is 0 Å². The van der Waals surface area contributed by atoms with Gasteiger partial charge in [-0.05, 0) is 18.6 Å². The smallest absolute Gasteiger partial charge is 0.123 e. The van der Waals surface area contributed by atoms with Crippen LogP contribution < -0.4 is 4.74 Å². The summed E-state index contributed by atoms with van der Waals surface area (Å²) in [6.45, 7) is 2.26. The largest absolute Gasteiger partial charge is 0.508 e. The molecule has 1 aromatic carbocycles. The highest BCUT2D eigenvalue weighted by Crippen LogP contribution is 2.20. The zero-order valence-corrected chi connectivity index (χ0v) is 14.9. The second-order valence-corrected chi connectivity index (χ2v) is 6.15. The maximum atomic E-state index is 9.57. The Kier molecular flexibility index (Phi) is 10.9. The van der Waals surface area contributed by atoms with Gasteiger partial charge in [-0.25, -0.2) is 0 Å². The minimum atomic E-state index is 0.201. The van der Waals surface area contributed by atoms with Crippen LogP contribution in [0.3, 0.4) is 0 Å². The van der Waals surface area contributed by atoms with Crippen LogP contribution >= 0.6 is 0 Å². The van der Waals surface area contributed by atoms with E-state index in [1.807, 2.05) is 6.07 Å². The molecule has 1 rings (SSSR count). The Bertz CT molecular complexity index is 482. The van der Waals surface area contributed by atoms with Crippen molar-refractivity contribution in [2.75, 3.05) is 7.11 Å². The van der Waals surface area contributed by atoms with E-state index >= 15 is 0 Å². The molecule has 128 valence electrons. The summed E-state index contributed by atoms with van der Waals surface area (Å²) >= 11 is 0. The molecular formula is C21H32O2. The zero-order chi connectivity index (χ0) is 16.8. The minimum Gasteiger partial charge on any atom is -0.508 e. The van der Waals surface area contributed by atoms with E-state index in [9.17, 15) is 5.11 Å². The van der Waals surface area contributed by atoms with Crippen molar-refractivity contribution in [3.8, 4) is 23.3 Å². The summed E-state index contributed by atoms with van der Waals surface area (Å²) in [5.41, 5.74) is 0.814. The number of unbranched alkanes of at least 4 members (excludes halogenated alkanes) is 10. The molecule has 1 N–H and O–H groups in total. The van der Waals surface area contributed by atoms with Crippen molar-refractivity contribution in [1.82, 2.24) is 0 Å². The van der Waals surface area contributed by atoms with Crippen LogP contribution in [0.25, 0.3) is 0 Å². The van der Waals surface area contributed by atoms with Gasteiger partial charge in [0.05, 0.1) is 7.11 Å². The number of rotatable bonds is 11. The highest BCUT2D eigenvalue weighted by atomic mass is 16.5. The molecule has 0 saturated heterocycles. The van der Waals surface area contributed by atoms with Gasteiger partial charge >= 0.3 is 0 Å². The topological polar surface area (TPSA) is 29.5 Å². The number of phenols is 1. The number of ether oxygens (including phenoxy) is 1. The van der Waals surface area contributed by atoms with E-state index in [1.165, 1.54) is 64.2 Å².